The molecule has 1 saturated heterocycles. The second-order valence-electron chi connectivity index (χ2n) is 10.7. The normalized spacial score (nSPS) is 21.6. The molecule has 2 N–H and O–H groups in total. The van der Waals surface area contributed by atoms with Crippen molar-refractivity contribution in [3.63, 3.8) is 0 Å². The topological polar surface area (TPSA) is 98.8 Å². The number of rotatable bonds is 8. The first-order valence-corrected chi connectivity index (χ1v) is 16.0. The summed E-state index contributed by atoms with van der Waals surface area (Å²) in [5.74, 6) is -0.972. The Labute approximate surface area is 245 Å². The maximum atomic E-state index is 13.4. The summed E-state index contributed by atoms with van der Waals surface area (Å²) >= 11 is 12.0. The maximum Gasteiger partial charge on any atom is 0.264 e. The summed E-state index contributed by atoms with van der Waals surface area (Å²) in [6, 6.07) is 9.03. The van der Waals surface area contributed by atoms with E-state index in [0.29, 0.717) is 0 Å². The zero-order valence-corrected chi connectivity index (χ0v) is 24.6. The van der Waals surface area contributed by atoms with Gasteiger partial charge in [-0.25, -0.2) is 8.42 Å². The minimum absolute atomic E-state index is 0.0769. The third-order valence-corrected chi connectivity index (χ3v) is 10.4. The number of amides is 2. The molecule has 2 aromatic rings. The van der Waals surface area contributed by atoms with Crippen LogP contribution in [0.25, 0.3) is 0 Å². The predicted octanol–water partition coefficient (Wildman–Crippen LogP) is 4.57. The molecule has 0 bridgehead atoms. The fraction of sp³-hybridized carbons (Fsp3) is 0.448. The Hall–Kier alpha value is -2.59. The van der Waals surface area contributed by atoms with Gasteiger partial charge in [-0.15, -0.1) is 0 Å². The van der Waals surface area contributed by atoms with Crippen LogP contribution in [0.3, 0.4) is 0 Å². The van der Waals surface area contributed by atoms with Gasteiger partial charge < -0.3 is 15.5 Å². The van der Waals surface area contributed by atoms with E-state index in [-0.39, 0.29) is 27.4 Å². The van der Waals surface area contributed by atoms with E-state index in [4.69, 9.17) is 23.2 Å². The van der Waals surface area contributed by atoms with Gasteiger partial charge in [-0.2, -0.15) is 0 Å². The van der Waals surface area contributed by atoms with E-state index in [2.05, 4.69) is 33.7 Å². The van der Waals surface area contributed by atoms with Crippen LogP contribution < -0.4 is 10.6 Å². The molecule has 0 aromatic heterocycles. The van der Waals surface area contributed by atoms with E-state index in [9.17, 15) is 18.0 Å². The molecule has 2 heterocycles. The lowest BCUT2D eigenvalue weighted by Gasteiger charge is -2.32. The number of sulfonamides is 1. The molecule has 0 radical (unpaired) electrons. The van der Waals surface area contributed by atoms with Gasteiger partial charge in [-0.05, 0) is 86.5 Å². The third-order valence-electron chi connectivity index (χ3n) is 7.92. The van der Waals surface area contributed by atoms with Gasteiger partial charge in [0, 0.05) is 18.9 Å². The molecule has 0 spiro atoms. The molecule has 5 rings (SSSR count). The number of aryl methyl sites for hydroxylation is 1. The van der Waals surface area contributed by atoms with E-state index in [1.807, 2.05) is 0 Å². The van der Waals surface area contributed by atoms with Crippen LogP contribution in [0.1, 0.15) is 61.3 Å². The number of hydrogen-bond donors (Lipinski definition) is 2. The highest BCUT2D eigenvalue weighted by Gasteiger charge is 2.37. The molecule has 1 aliphatic carbocycles. The maximum absolute atomic E-state index is 13.4. The molecule has 2 aromatic carbocycles. The van der Waals surface area contributed by atoms with Gasteiger partial charge in [-0.1, -0.05) is 47.8 Å². The second kappa shape index (κ2) is 12.5. The number of hydrogen-bond acceptors (Lipinski definition) is 5. The van der Waals surface area contributed by atoms with Gasteiger partial charge in [-0.3, -0.25) is 13.9 Å². The first-order chi connectivity index (χ1) is 19.2. The van der Waals surface area contributed by atoms with Crippen molar-refractivity contribution in [1.82, 2.24) is 19.8 Å². The molecule has 40 heavy (non-hydrogen) atoms. The fourth-order valence-electron chi connectivity index (χ4n) is 5.77. The van der Waals surface area contributed by atoms with E-state index in [0.717, 1.165) is 42.1 Å². The zero-order chi connectivity index (χ0) is 28.3. The molecule has 8 nitrogen and oxygen atoms in total. The largest absolute Gasteiger partial charge is 0.349 e. The van der Waals surface area contributed by atoms with Crippen molar-refractivity contribution in [3.05, 3.63) is 75.5 Å². The number of fused-ring (bicyclic) bond motifs is 1. The van der Waals surface area contributed by atoms with Crippen molar-refractivity contribution in [2.24, 2.45) is 0 Å². The number of nitrogens with zero attached hydrogens (tertiary/aromatic N) is 2. The van der Waals surface area contributed by atoms with Gasteiger partial charge in [0.05, 0.1) is 27.4 Å². The summed E-state index contributed by atoms with van der Waals surface area (Å²) in [6.07, 6.45) is 9.76. The van der Waals surface area contributed by atoms with Crippen molar-refractivity contribution in [3.8, 4) is 0 Å². The van der Waals surface area contributed by atoms with Crippen molar-refractivity contribution >= 4 is 45.0 Å². The van der Waals surface area contributed by atoms with Crippen LogP contribution in [0.5, 0.6) is 0 Å². The molecular weight excluding hydrogens is 571 g/mol. The van der Waals surface area contributed by atoms with Crippen molar-refractivity contribution < 1.29 is 18.0 Å². The van der Waals surface area contributed by atoms with Crippen LogP contribution in [0.2, 0.25) is 10.0 Å². The number of nitrogens with one attached hydrogen (secondary N) is 2. The molecule has 2 amide bonds. The van der Waals surface area contributed by atoms with Gasteiger partial charge in [0.15, 0.2) is 0 Å². The quantitative estimate of drug-likeness (QED) is 0.460. The van der Waals surface area contributed by atoms with E-state index >= 15 is 0 Å². The minimum Gasteiger partial charge on any atom is -0.349 e. The lowest BCUT2D eigenvalue weighted by atomic mass is 9.86. The number of piperidine rings is 1. The number of benzene rings is 2. The average Bonchev–Trinajstić information content (AvgIpc) is 2.95. The molecule has 2 atom stereocenters. The molecule has 214 valence electrons. The van der Waals surface area contributed by atoms with Gasteiger partial charge in [0.2, 0.25) is 11.8 Å². The Morgan fingerprint density at radius 3 is 2.60 bits per heavy atom. The Balaban J connectivity index is 1.26. The second-order valence-corrected chi connectivity index (χ2v) is 13.3. The van der Waals surface area contributed by atoms with Crippen LogP contribution in [-0.2, 0) is 32.5 Å². The lowest BCUT2D eigenvalue weighted by molar-refractivity contribution is -0.129. The molecule has 3 aliphatic rings. The Morgan fingerprint density at radius 2 is 1.82 bits per heavy atom. The molecular formula is C29H34Cl2N4O4S. The molecule has 1 fully saturated rings. The fourth-order valence-corrected chi connectivity index (χ4v) is 7.61. The number of carbonyl (C=O) groups excluding carboxylic acids is 2. The van der Waals surface area contributed by atoms with Crippen LogP contribution in [0, 0.1) is 0 Å². The van der Waals surface area contributed by atoms with Gasteiger partial charge >= 0.3 is 0 Å². The predicted molar refractivity (Wildman–Crippen MR) is 155 cm³/mol. The first kappa shape index (κ1) is 28.9. The minimum atomic E-state index is -4.17. The number of likely N-dealkylation sites (tertiary alicyclic amines) is 1. The highest BCUT2D eigenvalue weighted by molar-refractivity contribution is 7.89. The Morgan fingerprint density at radius 1 is 1.02 bits per heavy atom. The smallest absolute Gasteiger partial charge is 0.264 e. The number of halogens is 2. The van der Waals surface area contributed by atoms with Crippen LogP contribution in [-0.4, -0.2) is 55.1 Å². The molecule has 0 saturated carbocycles. The van der Waals surface area contributed by atoms with Crippen LogP contribution >= 0.6 is 23.2 Å². The molecule has 2 aliphatic heterocycles. The summed E-state index contributed by atoms with van der Waals surface area (Å²) in [5, 5.41) is 5.87. The number of carbonyl (C=O) groups is 2. The Bertz CT molecular complexity index is 1410. The molecule has 2 unspecified atom stereocenters. The monoisotopic (exact) mass is 604 g/mol. The average molecular weight is 606 g/mol. The Kier molecular flexibility index (Phi) is 9.05. The van der Waals surface area contributed by atoms with Crippen molar-refractivity contribution in [2.75, 3.05) is 19.6 Å². The summed E-state index contributed by atoms with van der Waals surface area (Å²) in [7, 11) is -4.17. The SMILES string of the molecule is O=C(CC1C(=O)NC=CN1S(=O)(=O)c1ccc(Cl)c(Cl)c1)NC1CCCc2cc(CCN3CCCCC3)ccc21. The summed E-state index contributed by atoms with van der Waals surface area (Å²) in [5.41, 5.74) is 3.65. The van der Waals surface area contributed by atoms with Crippen molar-refractivity contribution in [2.45, 2.75) is 68.3 Å². The van der Waals surface area contributed by atoms with Crippen LogP contribution in [0.4, 0.5) is 0 Å². The third kappa shape index (κ3) is 6.48. The van der Waals surface area contributed by atoms with E-state index in [1.54, 1.807) is 0 Å². The molecule has 11 heteroatoms. The highest BCUT2D eigenvalue weighted by Crippen LogP contribution is 2.32. The summed E-state index contributed by atoms with van der Waals surface area (Å²) in [6.45, 7) is 3.43. The zero-order valence-electron chi connectivity index (χ0n) is 22.2. The van der Waals surface area contributed by atoms with Gasteiger partial charge in [0.25, 0.3) is 10.0 Å². The van der Waals surface area contributed by atoms with E-state index in [1.165, 1.54) is 74.1 Å². The highest BCUT2D eigenvalue weighted by atomic mass is 35.5. The lowest BCUT2D eigenvalue weighted by Crippen LogP contribution is -2.51. The first-order valence-electron chi connectivity index (χ1n) is 13.8. The standard InChI is InChI=1S/C29H34Cl2N4O4S/c30-24-10-8-22(18-25(24)31)40(38,39)35-16-12-32-29(37)27(35)19-28(36)33-26-6-4-5-21-17-20(7-9-23(21)26)11-15-34-13-2-1-3-14-34/h7-10,12,16-18,26-27H,1-6,11,13-15,19H2,(H,32,37)(H,33,36). The van der Waals surface area contributed by atoms with Gasteiger partial charge in [0.1, 0.15) is 6.04 Å². The van der Waals surface area contributed by atoms with Crippen LogP contribution in [0.15, 0.2) is 53.7 Å². The van der Waals surface area contributed by atoms with Crippen molar-refractivity contribution in [1.29, 1.82) is 0 Å². The summed E-state index contributed by atoms with van der Waals surface area (Å²) < 4.78 is 27.7. The van der Waals surface area contributed by atoms with E-state index < -0.39 is 27.9 Å². The summed E-state index contributed by atoms with van der Waals surface area (Å²) in [4.78, 5) is 28.4.